The number of rotatable bonds is 8. The van der Waals surface area contributed by atoms with Crippen LogP contribution < -0.4 is 0 Å². The summed E-state index contributed by atoms with van der Waals surface area (Å²) >= 11 is 6.38. The van der Waals surface area contributed by atoms with Gasteiger partial charge in [0.1, 0.15) is 11.5 Å². The molecule has 1 N–H and O–H groups in total. The molecule has 218 valence electrons. The van der Waals surface area contributed by atoms with Crippen LogP contribution in [-0.4, -0.2) is 41.5 Å². The molecule has 0 spiro atoms. The maximum absolute atomic E-state index is 13.5. The van der Waals surface area contributed by atoms with Crippen molar-refractivity contribution in [3.63, 3.8) is 0 Å². The summed E-state index contributed by atoms with van der Waals surface area (Å²) in [5.41, 5.74) is -1.39. The molecule has 7 nitrogen and oxygen atoms in total. The molecule has 0 aliphatic heterocycles. The second kappa shape index (κ2) is 11.6. The summed E-state index contributed by atoms with van der Waals surface area (Å²) < 4.78 is 84.0. The third-order valence-corrected chi connectivity index (χ3v) is 6.79. The first-order valence-corrected chi connectivity index (χ1v) is 12.9. The predicted octanol–water partition coefficient (Wildman–Crippen LogP) is 6.53. The number of nitrogens with zero attached hydrogens (tertiary/aromatic N) is 6. The minimum Gasteiger partial charge on any atom is -0.396 e. The molecule has 5 aromatic rings. The molecule has 0 aliphatic carbocycles. The van der Waals surface area contributed by atoms with E-state index in [4.69, 9.17) is 11.6 Å². The zero-order valence-electron chi connectivity index (χ0n) is 21.5. The number of hydrogen-bond acceptors (Lipinski definition) is 5. The first kappa shape index (κ1) is 29.3. The lowest BCUT2D eigenvalue weighted by molar-refractivity contribution is -0.143. The van der Waals surface area contributed by atoms with Gasteiger partial charge in [0.2, 0.25) is 0 Å². The Labute approximate surface area is 240 Å². The van der Waals surface area contributed by atoms with Crippen molar-refractivity contribution >= 4 is 11.6 Å². The lowest BCUT2D eigenvalue weighted by Gasteiger charge is -2.15. The van der Waals surface area contributed by atoms with Crippen LogP contribution in [0.5, 0.6) is 0 Å². The summed E-state index contributed by atoms with van der Waals surface area (Å²) in [6.45, 7) is -0.483. The van der Waals surface area contributed by atoms with Gasteiger partial charge >= 0.3 is 12.4 Å². The minimum atomic E-state index is -5.00. The Morgan fingerprint density at radius 3 is 2.02 bits per heavy atom. The van der Waals surface area contributed by atoms with Crippen molar-refractivity contribution in [1.82, 2.24) is 29.8 Å². The van der Waals surface area contributed by atoms with E-state index in [0.717, 1.165) is 5.56 Å². The Morgan fingerprint density at radius 2 is 1.40 bits per heavy atom. The van der Waals surface area contributed by atoms with Gasteiger partial charge in [-0.2, -0.15) is 26.3 Å². The fourth-order valence-electron chi connectivity index (χ4n) is 4.50. The fourth-order valence-corrected chi connectivity index (χ4v) is 4.69. The van der Waals surface area contributed by atoms with Crippen molar-refractivity contribution in [2.45, 2.75) is 31.9 Å². The van der Waals surface area contributed by atoms with Gasteiger partial charge in [0.05, 0.1) is 30.8 Å². The summed E-state index contributed by atoms with van der Waals surface area (Å²) in [4.78, 5) is 0. The van der Waals surface area contributed by atoms with Crippen LogP contribution in [0.15, 0.2) is 72.8 Å². The van der Waals surface area contributed by atoms with Crippen molar-refractivity contribution in [1.29, 1.82) is 0 Å². The van der Waals surface area contributed by atoms with Gasteiger partial charge in [-0.3, -0.25) is 0 Å². The standard InChI is InChI=1S/C28H21ClF6N6O/c29-22-9-5-4-8-19(22)16-40-23(10-11-42)36-38-26(40)24-25(18-6-2-1-3-7-18)41(39-37-24)15-17-12-20(27(30,31)32)14-21(13-17)28(33,34)35/h1-9,12-14,42H,10-11,15-16H2. The first-order valence-electron chi connectivity index (χ1n) is 12.5. The predicted molar refractivity (Wildman–Crippen MR) is 141 cm³/mol. The highest BCUT2D eigenvalue weighted by Gasteiger charge is 2.37. The van der Waals surface area contributed by atoms with Crippen molar-refractivity contribution in [3.8, 4) is 22.8 Å². The van der Waals surface area contributed by atoms with Crippen LogP contribution in [0.2, 0.25) is 5.02 Å². The van der Waals surface area contributed by atoms with Crippen LogP contribution in [0, 0.1) is 0 Å². The number of aliphatic hydroxyl groups is 1. The quantitative estimate of drug-likeness (QED) is 0.203. The molecule has 0 radical (unpaired) electrons. The number of hydrogen-bond donors (Lipinski definition) is 1. The molecule has 0 saturated carbocycles. The fraction of sp³-hybridized carbons (Fsp3) is 0.214. The Balaban J connectivity index is 1.66. The van der Waals surface area contributed by atoms with Crippen LogP contribution in [0.3, 0.4) is 0 Å². The molecule has 2 aromatic heterocycles. The van der Waals surface area contributed by atoms with Crippen molar-refractivity contribution in [3.05, 3.63) is 106 Å². The van der Waals surface area contributed by atoms with Gasteiger partial charge in [-0.15, -0.1) is 15.3 Å². The lowest BCUT2D eigenvalue weighted by Crippen LogP contribution is -2.13. The van der Waals surface area contributed by atoms with E-state index in [0.29, 0.717) is 34.2 Å². The second-order valence-corrected chi connectivity index (χ2v) is 9.72. The van der Waals surface area contributed by atoms with Crippen LogP contribution in [0.4, 0.5) is 26.3 Å². The van der Waals surface area contributed by atoms with E-state index in [2.05, 4.69) is 20.5 Å². The molecule has 0 bridgehead atoms. The van der Waals surface area contributed by atoms with Crippen LogP contribution in [0.1, 0.15) is 28.1 Å². The Kier molecular flexibility index (Phi) is 8.06. The molecule has 5 rings (SSSR count). The minimum absolute atomic E-state index is 0.0776. The molecule has 0 fully saturated rings. The van der Waals surface area contributed by atoms with E-state index in [1.807, 2.05) is 0 Å². The van der Waals surface area contributed by atoms with Crippen LogP contribution in [0.25, 0.3) is 22.8 Å². The van der Waals surface area contributed by atoms with E-state index in [1.54, 1.807) is 59.2 Å². The topological polar surface area (TPSA) is 81.7 Å². The number of aromatic nitrogens is 6. The molecule has 0 atom stereocenters. The average Bonchev–Trinajstić information content (AvgIpc) is 3.53. The second-order valence-electron chi connectivity index (χ2n) is 9.32. The monoisotopic (exact) mass is 606 g/mol. The molecule has 2 heterocycles. The molecular formula is C28H21ClF6N6O. The molecule has 42 heavy (non-hydrogen) atoms. The number of halogens is 7. The zero-order chi connectivity index (χ0) is 30.1. The third kappa shape index (κ3) is 6.16. The van der Waals surface area contributed by atoms with Crippen molar-refractivity contribution in [2.24, 2.45) is 0 Å². The smallest absolute Gasteiger partial charge is 0.396 e. The molecule has 3 aromatic carbocycles. The molecule has 0 unspecified atom stereocenters. The summed E-state index contributed by atoms with van der Waals surface area (Å²) in [5.74, 6) is 0.636. The summed E-state index contributed by atoms with van der Waals surface area (Å²) in [7, 11) is 0. The maximum atomic E-state index is 13.5. The lowest BCUT2D eigenvalue weighted by atomic mass is 10.0. The number of benzene rings is 3. The molecule has 0 amide bonds. The zero-order valence-corrected chi connectivity index (χ0v) is 22.3. The molecule has 14 heteroatoms. The SMILES string of the molecule is OCCc1nnc(-c2nnn(Cc3cc(C(F)(F)F)cc(C(F)(F)F)c3)c2-c2ccccc2)n1Cc1ccccc1Cl. The Bertz CT molecular complexity index is 1670. The highest BCUT2D eigenvalue weighted by atomic mass is 35.5. The average molecular weight is 607 g/mol. The van der Waals surface area contributed by atoms with Crippen LogP contribution in [-0.2, 0) is 31.9 Å². The van der Waals surface area contributed by atoms with Gasteiger partial charge in [0.15, 0.2) is 11.5 Å². The Hall–Kier alpha value is -4.23. The molecule has 0 saturated heterocycles. The van der Waals surface area contributed by atoms with E-state index in [-0.39, 0.29) is 42.7 Å². The highest BCUT2D eigenvalue weighted by molar-refractivity contribution is 6.31. The van der Waals surface area contributed by atoms with Gasteiger partial charge in [0, 0.05) is 17.0 Å². The van der Waals surface area contributed by atoms with E-state index < -0.39 is 30.0 Å². The van der Waals surface area contributed by atoms with Gasteiger partial charge in [-0.05, 0) is 35.4 Å². The first-order chi connectivity index (χ1) is 20.0. The summed E-state index contributed by atoms with van der Waals surface area (Å²) in [6.07, 6.45) is -9.84. The Morgan fingerprint density at radius 1 is 0.762 bits per heavy atom. The third-order valence-electron chi connectivity index (χ3n) is 6.42. The van der Waals surface area contributed by atoms with Gasteiger partial charge in [-0.25, -0.2) is 4.68 Å². The van der Waals surface area contributed by atoms with Crippen molar-refractivity contribution < 1.29 is 31.4 Å². The summed E-state index contributed by atoms with van der Waals surface area (Å²) in [6, 6.07) is 17.1. The van der Waals surface area contributed by atoms with E-state index >= 15 is 0 Å². The largest absolute Gasteiger partial charge is 0.416 e. The van der Waals surface area contributed by atoms with Gasteiger partial charge in [0.25, 0.3) is 0 Å². The van der Waals surface area contributed by atoms with Crippen LogP contribution >= 0.6 is 11.6 Å². The van der Waals surface area contributed by atoms with Gasteiger partial charge < -0.3 is 9.67 Å². The highest BCUT2D eigenvalue weighted by Crippen LogP contribution is 2.37. The van der Waals surface area contributed by atoms with E-state index in [9.17, 15) is 31.4 Å². The molecular weight excluding hydrogens is 586 g/mol. The number of aliphatic hydroxyl groups excluding tert-OH is 1. The molecule has 0 aliphatic rings. The normalized spacial score (nSPS) is 12.2. The summed E-state index contributed by atoms with van der Waals surface area (Å²) in [5, 5.41) is 26.9. The van der Waals surface area contributed by atoms with E-state index in [1.165, 1.54) is 4.68 Å². The maximum Gasteiger partial charge on any atom is 0.416 e. The number of alkyl halides is 6. The van der Waals surface area contributed by atoms with Gasteiger partial charge in [-0.1, -0.05) is 65.3 Å². The van der Waals surface area contributed by atoms with Crippen molar-refractivity contribution in [2.75, 3.05) is 6.61 Å².